The Morgan fingerprint density at radius 2 is 1.71 bits per heavy atom. The summed E-state index contributed by atoms with van der Waals surface area (Å²) in [6, 6.07) is 0.490. The standard InChI is InChI=1S/C15H32N2/c1-8-14(5,6)11-13(4)17-10-9-15(7,16)12(2)3/h9-10,12-13,17H,8,11,16H2,1-7H3/b10-9+. The highest BCUT2D eigenvalue weighted by Crippen LogP contribution is 2.26. The minimum Gasteiger partial charge on any atom is -0.389 e. The molecule has 0 aromatic rings. The van der Waals surface area contributed by atoms with Crippen LogP contribution in [0.15, 0.2) is 12.3 Å². The number of hydrogen-bond donors (Lipinski definition) is 2. The SMILES string of the molecule is CCC(C)(C)CC(C)N/C=C/C(C)(N)C(C)C. The quantitative estimate of drug-likeness (QED) is 0.712. The van der Waals surface area contributed by atoms with E-state index in [2.05, 4.69) is 59.9 Å². The molecule has 0 aromatic heterocycles. The van der Waals surface area contributed by atoms with Gasteiger partial charge in [-0.2, -0.15) is 0 Å². The zero-order chi connectivity index (χ0) is 13.7. The maximum atomic E-state index is 6.17. The van der Waals surface area contributed by atoms with E-state index in [1.54, 1.807) is 0 Å². The largest absolute Gasteiger partial charge is 0.389 e. The van der Waals surface area contributed by atoms with Crippen LogP contribution in [0.4, 0.5) is 0 Å². The fourth-order valence-corrected chi connectivity index (χ4v) is 1.62. The van der Waals surface area contributed by atoms with Gasteiger partial charge in [-0.3, -0.25) is 0 Å². The Bertz CT molecular complexity index is 239. The van der Waals surface area contributed by atoms with Gasteiger partial charge in [0.05, 0.1) is 0 Å². The summed E-state index contributed by atoms with van der Waals surface area (Å²) < 4.78 is 0. The van der Waals surface area contributed by atoms with Gasteiger partial charge < -0.3 is 11.1 Å². The first kappa shape index (κ1) is 16.5. The zero-order valence-corrected chi connectivity index (χ0v) is 12.8. The average Bonchev–Trinajstić information content (AvgIpc) is 2.16. The molecular weight excluding hydrogens is 208 g/mol. The van der Waals surface area contributed by atoms with Gasteiger partial charge >= 0.3 is 0 Å². The number of rotatable bonds is 7. The molecule has 17 heavy (non-hydrogen) atoms. The molecular formula is C15H32N2. The van der Waals surface area contributed by atoms with Crippen molar-refractivity contribution in [1.82, 2.24) is 5.32 Å². The molecule has 0 fully saturated rings. The Hall–Kier alpha value is -0.500. The van der Waals surface area contributed by atoms with E-state index in [9.17, 15) is 0 Å². The van der Waals surface area contributed by atoms with Gasteiger partial charge in [0.1, 0.15) is 0 Å². The lowest BCUT2D eigenvalue weighted by Gasteiger charge is -2.28. The summed E-state index contributed by atoms with van der Waals surface area (Å²) in [5, 5.41) is 3.42. The van der Waals surface area contributed by atoms with E-state index < -0.39 is 0 Å². The molecule has 0 spiro atoms. The topological polar surface area (TPSA) is 38.0 Å². The summed E-state index contributed by atoms with van der Waals surface area (Å²) in [6.45, 7) is 15.5. The van der Waals surface area contributed by atoms with E-state index in [1.807, 2.05) is 6.20 Å². The van der Waals surface area contributed by atoms with Crippen molar-refractivity contribution in [2.45, 2.75) is 72.9 Å². The summed E-state index contributed by atoms with van der Waals surface area (Å²) in [7, 11) is 0. The second-order valence-electron chi connectivity index (χ2n) is 6.64. The molecule has 0 saturated carbocycles. The summed E-state index contributed by atoms with van der Waals surface area (Å²) in [5.74, 6) is 0.447. The lowest BCUT2D eigenvalue weighted by molar-refractivity contribution is 0.288. The van der Waals surface area contributed by atoms with Crippen molar-refractivity contribution in [3.8, 4) is 0 Å². The van der Waals surface area contributed by atoms with Gasteiger partial charge in [0.25, 0.3) is 0 Å². The summed E-state index contributed by atoms with van der Waals surface area (Å²) >= 11 is 0. The first-order valence-corrected chi connectivity index (χ1v) is 6.83. The summed E-state index contributed by atoms with van der Waals surface area (Å²) in [6.07, 6.45) is 6.49. The van der Waals surface area contributed by atoms with Crippen LogP contribution >= 0.6 is 0 Å². The van der Waals surface area contributed by atoms with E-state index in [-0.39, 0.29) is 5.54 Å². The third-order valence-electron chi connectivity index (χ3n) is 3.88. The van der Waals surface area contributed by atoms with Crippen molar-refractivity contribution in [2.24, 2.45) is 17.1 Å². The molecule has 0 bridgehead atoms. The lowest BCUT2D eigenvalue weighted by Crippen LogP contribution is -2.40. The maximum absolute atomic E-state index is 6.17. The van der Waals surface area contributed by atoms with E-state index in [0.29, 0.717) is 17.4 Å². The molecule has 2 atom stereocenters. The lowest BCUT2D eigenvalue weighted by atomic mass is 9.84. The van der Waals surface area contributed by atoms with Gasteiger partial charge in [-0.25, -0.2) is 0 Å². The normalized spacial score (nSPS) is 18.4. The fraction of sp³-hybridized carbons (Fsp3) is 0.867. The predicted octanol–water partition coefficient (Wildman–Crippen LogP) is 3.68. The predicted molar refractivity (Wildman–Crippen MR) is 77.9 cm³/mol. The molecule has 0 amide bonds. The van der Waals surface area contributed by atoms with Gasteiger partial charge in [-0.05, 0) is 43.9 Å². The molecule has 0 aromatic carbocycles. The van der Waals surface area contributed by atoms with Gasteiger partial charge in [0.2, 0.25) is 0 Å². The van der Waals surface area contributed by atoms with Crippen LogP contribution in [0.2, 0.25) is 0 Å². The van der Waals surface area contributed by atoms with E-state index in [0.717, 1.165) is 0 Å². The Kier molecular flexibility index (Phi) is 6.25. The Morgan fingerprint density at radius 1 is 1.18 bits per heavy atom. The first-order chi connectivity index (χ1) is 7.60. The highest BCUT2D eigenvalue weighted by atomic mass is 14.9. The molecule has 0 heterocycles. The monoisotopic (exact) mass is 240 g/mol. The molecule has 3 N–H and O–H groups in total. The fourth-order valence-electron chi connectivity index (χ4n) is 1.62. The zero-order valence-electron chi connectivity index (χ0n) is 12.8. The van der Waals surface area contributed by atoms with Crippen LogP contribution in [0.1, 0.15) is 61.3 Å². The molecule has 0 aliphatic heterocycles. The number of nitrogens with one attached hydrogen (secondary N) is 1. The van der Waals surface area contributed by atoms with Gasteiger partial charge in [-0.1, -0.05) is 41.0 Å². The van der Waals surface area contributed by atoms with Crippen LogP contribution in [0.5, 0.6) is 0 Å². The molecule has 2 nitrogen and oxygen atoms in total. The molecule has 0 saturated heterocycles. The van der Waals surface area contributed by atoms with E-state index >= 15 is 0 Å². The second kappa shape index (κ2) is 6.44. The van der Waals surface area contributed by atoms with Crippen molar-refractivity contribution in [3.05, 3.63) is 12.3 Å². The van der Waals surface area contributed by atoms with Gasteiger partial charge in [0, 0.05) is 11.6 Å². The molecule has 102 valence electrons. The van der Waals surface area contributed by atoms with Gasteiger partial charge in [0.15, 0.2) is 0 Å². The Balaban J connectivity index is 4.17. The van der Waals surface area contributed by atoms with Crippen LogP contribution in [0, 0.1) is 11.3 Å². The number of nitrogens with two attached hydrogens (primary N) is 1. The van der Waals surface area contributed by atoms with Crippen LogP contribution in [0.25, 0.3) is 0 Å². The van der Waals surface area contributed by atoms with Gasteiger partial charge in [-0.15, -0.1) is 0 Å². The van der Waals surface area contributed by atoms with Crippen molar-refractivity contribution >= 4 is 0 Å². The Labute approximate surface area is 108 Å². The second-order valence-corrected chi connectivity index (χ2v) is 6.64. The molecule has 0 radical (unpaired) electrons. The highest BCUT2D eigenvalue weighted by Gasteiger charge is 2.20. The highest BCUT2D eigenvalue weighted by molar-refractivity contribution is 5.03. The molecule has 0 rings (SSSR count). The van der Waals surface area contributed by atoms with E-state index in [1.165, 1.54) is 12.8 Å². The molecule has 0 aliphatic carbocycles. The van der Waals surface area contributed by atoms with Crippen molar-refractivity contribution in [3.63, 3.8) is 0 Å². The van der Waals surface area contributed by atoms with E-state index in [4.69, 9.17) is 5.73 Å². The molecule has 0 aliphatic rings. The molecule has 2 unspecified atom stereocenters. The maximum Gasteiger partial charge on any atom is 0.0350 e. The molecule has 2 heteroatoms. The summed E-state index contributed by atoms with van der Waals surface area (Å²) in [5.41, 5.74) is 6.35. The van der Waals surface area contributed by atoms with Crippen molar-refractivity contribution in [2.75, 3.05) is 0 Å². The van der Waals surface area contributed by atoms with Crippen molar-refractivity contribution in [1.29, 1.82) is 0 Å². The van der Waals surface area contributed by atoms with Crippen LogP contribution < -0.4 is 11.1 Å². The van der Waals surface area contributed by atoms with Crippen molar-refractivity contribution < 1.29 is 0 Å². The third kappa shape index (κ3) is 6.72. The minimum absolute atomic E-state index is 0.229. The smallest absolute Gasteiger partial charge is 0.0350 e. The summed E-state index contributed by atoms with van der Waals surface area (Å²) in [4.78, 5) is 0. The first-order valence-electron chi connectivity index (χ1n) is 6.83. The third-order valence-corrected chi connectivity index (χ3v) is 3.88. The van der Waals surface area contributed by atoms with Crippen LogP contribution in [-0.2, 0) is 0 Å². The minimum atomic E-state index is -0.229. The van der Waals surface area contributed by atoms with Crippen LogP contribution in [-0.4, -0.2) is 11.6 Å². The average molecular weight is 240 g/mol. The van der Waals surface area contributed by atoms with Crippen LogP contribution in [0.3, 0.4) is 0 Å². The number of hydrogen-bond acceptors (Lipinski definition) is 2. The Morgan fingerprint density at radius 3 is 2.12 bits per heavy atom.